The van der Waals surface area contributed by atoms with E-state index in [2.05, 4.69) is 36.6 Å². The maximum atomic E-state index is 13.1. The number of aromatic amines is 1. The predicted molar refractivity (Wildman–Crippen MR) is 114 cm³/mol. The Kier molecular flexibility index (Phi) is 8.06. The highest BCUT2D eigenvalue weighted by Crippen LogP contribution is 2.10. The van der Waals surface area contributed by atoms with Crippen molar-refractivity contribution in [3.05, 3.63) is 41.7 Å². The average molecular weight is 457 g/mol. The molecule has 2 aromatic rings. The van der Waals surface area contributed by atoms with E-state index in [4.69, 9.17) is 4.74 Å². The number of aryl methyl sites for hydroxylation is 1. The first-order valence-corrected chi connectivity index (χ1v) is 10.7. The molecule has 4 N–H and O–H groups in total. The molecule has 0 bridgehead atoms. The van der Waals surface area contributed by atoms with Crippen LogP contribution in [-0.4, -0.2) is 69.0 Å². The summed E-state index contributed by atoms with van der Waals surface area (Å²) in [7, 11) is 0. The molecule has 0 aliphatic carbocycles. The minimum absolute atomic E-state index is 0.0883. The Hall–Kier alpha value is -3.83. The van der Waals surface area contributed by atoms with Crippen molar-refractivity contribution in [2.45, 2.75) is 51.2 Å². The molecule has 1 saturated heterocycles. The van der Waals surface area contributed by atoms with E-state index < -0.39 is 35.8 Å². The van der Waals surface area contributed by atoms with E-state index in [1.807, 2.05) is 0 Å². The van der Waals surface area contributed by atoms with Gasteiger partial charge in [0.2, 0.25) is 11.8 Å². The Morgan fingerprint density at radius 3 is 2.52 bits per heavy atom. The second-order valence-electron chi connectivity index (χ2n) is 8.08. The van der Waals surface area contributed by atoms with Gasteiger partial charge in [-0.2, -0.15) is 5.21 Å². The van der Waals surface area contributed by atoms with Gasteiger partial charge in [-0.05, 0) is 24.5 Å². The first-order chi connectivity index (χ1) is 15.8. The molecule has 1 aromatic carbocycles. The molecule has 12 nitrogen and oxygen atoms in total. The third-order valence-corrected chi connectivity index (χ3v) is 5.16. The largest absolute Gasteiger partial charge is 0.463 e. The summed E-state index contributed by atoms with van der Waals surface area (Å²) in [5.74, 6) is -1.59. The maximum absolute atomic E-state index is 13.1. The number of benzene rings is 1. The zero-order chi connectivity index (χ0) is 23.8. The third-order valence-electron chi connectivity index (χ3n) is 5.16. The number of H-pyrrole nitrogens is 1. The van der Waals surface area contributed by atoms with Crippen molar-refractivity contribution in [3.63, 3.8) is 0 Å². The van der Waals surface area contributed by atoms with Crippen LogP contribution in [0, 0.1) is 5.92 Å². The van der Waals surface area contributed by atoms with Gasteiger partial charge in [0.05, 0.1) is 12.5 Å². The summed E-state index contributed by atoms with van der Waals surface area (Å²) in [6.07, 6.45) is 0.565. The molecule has 0 spiro atoms. The summed E-state index contributed by atoms with van der Waals surface area (Å²) in [5, 5.41) is 21.8. The number of carbonyl (C=O) groups is 4. The Morgan fingerprint density at radius 2 is 1.91 bits per heavy atom. The number of nitrogens with zero attached hydrogens (tertiary/aromatic N) is 3. The van der Waals surface area contributed by atoms with Gasteiger partial charge < -0.3 is 20.7 Å². The van der Waals surface area contributed by atoms with E-state index in [9.17, 15) is 19.2 Å². The van der Waals surface area contributed by atoms with Crippen LogP contribution >= 0.6 is 0 Å². The summed E-state index contributed by atoms with van der Waals surface area (Å²) in [6.45, 7) is 3.68. The van der Waals surface area contributed by atoms with Gasteiger partial charge in [-0.25, -0.2) is 0 Å². The van der Waals surface area contributed by atoms with Crippen molar-refractivity contribution < 1.29 is 23.9 Å². The number of aromatic nitrogens is 4. The van der Waals surface area contributed by atoms with E-state index in [1.54, 1.807) is 44.2 Å². The van der Waals surface area contributed by atoms with Gasteiger partial charge in [-0.3, -0.25) is 19.2 Å². The summed E-state index contributed by atoms with van der Waals surface area (Å²) in [4.78, 5) is 49.9. The minimum atomic E-state index is -0.943. The number of hydrogen-bond donors (Lipinski definition) is 4. The third kappa shape index (κ3) is 6.82. The SMILES string of the molecule is CC(C)[C@H](NC(=O)[C@H](CCc1nn[nH]n1)NC(=O)c1ccccc1)C(=O)N[C@@H]1COC(=O)C1. The lowest BCUT2D eigenvalue weighted by Gasteiger charge is -2.26. The van der Waals surface area contributed by atoms with E-state index in [0.29, 0.717) is 11.4 Å². The highest BCUT2D eigenvalue weighted by Gasteiger charge is 2.32. The quantitative estimate of drug-likeness (QED) is 0.346. The Morgan fingerprint density at radius 1 is 1.15 bits per heavy atom. The maximum Gasteiger partial charge on any atom is 0.308 e. The van der Waals surface area contributed by atoms with Gasteiger partial charge in [-0.15, -0.1) is 10.2 Å². The fourth-order valence-electron chi connectivity index (χ4n) is 3.35. The molecule has 3 rings (SSSR count). The number of cyclic esters (lactones) is 1. The van der Waals surface area contributed by atoms with Crippen LogP contribution in [0.3, 0.4) is 0 Å². The van der Waals surface area contributed by atoms with Crippen LogP contribution in [0.1, 0.15) is 42.9 Å². The molecular formula is C21H27N7O5. The number of carbonyl (C=O) groups excluding carboxylic acids is 4. The molecule has 0 saturated carbocycles. The normalized spacial score (nSPS) is 17.2. The van der Waals surface area contributed by atoms with Crippen LogP contribution in [0.2, 0.25) is 0 Å². The number of nitrogens with one attached hydrogen (secondary N) is 4. The number of esters is 1. The predicted octanol–water partition coefficient (Wildman–Crippen LogP) is -0.497. The summed E-state index contributed by atoms with van der Waals surface area (Å²) < 4.78 is 4.87. The highest BCUT2D eigenvalue weighted by molar-refractivity contribution is 5.98. The molecule has 1 aliphatic heterocycles. The smallest absolute Gasteiger partial charge is 0.308 e. The van der Waals surface area contributed by atoms with E-state index in [-0.39, 0.29) is 37.8 Å². The number of hydrogen-bond acceptors (Lipinski definition) is 8. The van der Waals surface area contributed by atoms with E-state index in [1.165, 1.54) is 0 Å². The first-order valence-electron chi connectivity index (χ1n) is 10.7. The number of amides is 3. The lowest BCUT2D eigenvalue weighted by Crippen LogP contribution is -2.56. The molecule has 0 unspecified atom stereocenters. The zero-order valence-electron chi connectivity index (χ0n) is 18.4. The van der Waals surface area contributed by atoms with E-state index in [0.717, 1.165) is 0 Å². The molecule has 12 heteroatoms. The molecule has 1 aromatic heterocycles. The van der Waals surface area contributed by atoms with Gasteiger partial charge in [0, 0.05) is 12.0 Å². The van der Waals surface area contributed by atoms with Crippen molar-refractivity contribution in [3.8, 4) is 0 Å². The fraction of sp³-hybridized carbons (Fsp3) is 0.476. The monoisotopic (exact) mass is 457 g/mol. The Bertz CT molecular complexity index is 965. The van der Waals surface area contributed by atoms with Crippen LogP contribution in [0.4, 0.5) is 0 Å². The van der Waals surface area contributed by atoms with Crippen molar-refractivity contribution in [1.29, 1.82) is 0 Å². The van der Waals surface area contributed by atoms with E-state index >= 15 is 0 Å². The van der Waals surface area contributed by atoms with Crippen LogP contribution < -0.4 is 16.0 Å². The summed E-state index contributed by atoms with van der Waals surface area (Å²) in [6, 6.07) is 6.26. The number of rotatable bonds is 10. The van der Waals surface area contributed by atoms with Gasteiger partial charge in [-0.1, -0.05) is 37.3 Å². The second-order valence-corrected chi connectivity index (χ2v) is 8.08. The van der Waals surface area contributed by atoms with Crippen LogP contribution in [-0.2, 0) is 25.5 Å². The molecule has 0 radical (unpaired) electrons. The van der Waals surface area contributed by atoms with Crippen LogP contribution in [0.25, 0.3) is 0 Å². The topological polar surface area (TPSA) is 168 Å². The zero-order valence-corrected chi connectivity index (χ0v) is 18.4. The fourth-order valence-corrected chi connectivity index (χ4v) is 3.35. The molecule has 176 valence electrons. The van der Waals surface area contributed by atoms with Crippen LogP contribution in [0.15, 0.2) is 30.3 Å². The van der Waals surface area contributed by atoms with Gasteiger partial charge in [0.25, 0.3) is 5.91 Å². The van der Waals surface area contributed by atoms with Gasteiger partial charge in [0.15, 0.2) is 5.82 Å². The summed E-state index contributed by atoms with van der Waals surface area (Å²) in [5.41, 5.74) is 0.402. The molecule has 2 heterocycles. The Labute approximate surface area is 190 Å². The van der Waals surface area contributed by atoms with Crippen molar-refractivity contribution in [1.82, 2.24) is 36.6 Å². The minimum Gasteiger partial charge on any atom is -0.463 e. The lowest BCUT2D eigenvalue weighted by atomic mass is 10.0. The first kappa shape index (κ1) is 23.8. The molecule has 3 amide bonds. The number of ether oxygens (including phenoxy) is 1. The molecule has 1 aliphatic rings. The van der Waals surface area contributed by atoms with Gasteiger partial charge in [0.1, 0.15) is 18.7 Å². The molecule has 3 atom stereocenters. The molecular weight excluding hydrogens is 430 g/mol. The van der Waals surface area contributed by atoms with Gasteiger partial charge >= 0.3 is 5.97 Å². The standard InChI is InChI=1S/C21H27N7O5/c1-12(2)18(21(32)22-14-10-17(29)33-11-14)24-20(31)15(8-9-16-25-27-28-26-16)23-19(30)13-6-4-3-5-7-13/h3-7,12,14-15,18H,8-11H2,1-2H3,(H,22,32)(H,23,30)(H,24,31)(H,25,26,27,28)/t14-,15-,18-/m0/s1. The number of tetrazole rings is 1. The van der Waals surface area contributed by atoms with Crippen molar-refractivity contribution in [2.75, 3.05) is 6.61 Å². The summed E-state index contributed by atoms with van der Waals surface area (Å²) >= 11 is 0. The molecule has 1 fully saturated rings. The highest BCUT2D eigenvalue weighted by atomic mass is 16.5. The average Bonchev–Trinajstić information content (AvgIpc) is 3.46. The van der Waals surface area contributed by atoms with Crippen molar-refractivity contribution >= 4 is 23.7 Å². The van der Waals surface area contributed by atoms with Crippen LogP contribution in [0.5, 0.6) is 0 Å². The second kappa shape index (κ2) is 11.2. The lowest BCUT2D eigenvalue weighted by molar-refractivity contribution is -0.138. The Balaban J connectivity index is 1.68. The van der Waals surface area contributed by atoms with Crippen molar-refractivity contribution in [2.24, 2.45) is 5.92 Å². The molecule has 33 heavy (non-hydrogen) atoms.